The lowest BCUT2D eigenvalue weighted by Crippen LogP contribution is -2.31. The normalized spacial score (nSPS) is 13.0. The highest BCUT2D eigenvalue weighted by atomic mass is 16.5. The summed E-state index contributed by atoms with van der Waals surface area (Å²) < 4.78 is 4.85. The van der Waals surface area contributed by atoms with Gasteiger partial charge in [0, 0.05) is 17.1 Å². The van der Waals surface area contributed by atoms with Crippen LogP contribution < -0.4 is 0 Å². The largest absolute Gasteiger partial charge is 0.508 e. The second-order valence-corrected chi connectivity index (χ2v) is 6.79. The molecule has 1 heterocycles. The van der Waals surface area contributed by atoms with E-state index in [0.29, 0.717) is 16.7 Å². The Labute approximate surface area is 167 Å². The van der Waals surface area contributed by atoms with Crippen molar-refractivity contribution in [2.24, 2.45) is 0 Å². The number of methoxy groups -OCH3 is 1. The number of aldehydes is 1. The van der Waals surface area contributed by atoms with Crippen LogP contribution in [0.4, 0.5) is 0 Å². The number of carbonyl (C=O) groups excluding carboxylic acids is 2. The molecule has 3 aromatic carbocycles. The van der Waals surface area contributed by atoms with Crippen LogP contribution >= 0.6 is 0 Å². The van der Waals surface area contributed by atoms with Crippen LogP contribution in [0, 0.1) is 0 Å². The smallest absolute Gasteiger partial charge is 0.337 e. The van der Waals surface area contributed by atoms with E-state index >= 15 is 0 Å². The first-order valence-electron chi connectivity index (χ1n) is 9.11. The van der Waals surface area contributed by atoms with E-state index in [0.717, 1.165) is 22.8 Å². The summed E-state index contributed by atoms with van der Waals surface area (Å²) in [5, 5.41) is 10.5. The van der Waals surface area contributed by atoms with Crippen LogP contribution in [0.25, 0.3) is 10.9 Å². The molecule has 1 atom stereocenters. The number of aromatic nitrogens is 1. The number of aromatic hydroxyl groups is 1. The van der Waals surface area contributed by atoms with E-state index in [1.165, 1.54) is 7.11 Å². The van der Waals surface area contributed by atoms with Crippen LogP contribution in [0.15, 0.2) is 79.0 Å². The van der Waals surface area contributed by atoms with Gasteiger partial charge in [-0.3, -0.25) is 0 Å². The molecule has 0 aliphatic carbocycles. The Hall–Kier alpha value is -3.86. The predicted molar refractivity (Wildman–Crippen MR) is 110 cm³/mol. The summed E-state index contributed by atoms with van der Waals surface area (Å²) in [6.07, 6.45) is 2.70. The summed E-state index contributed by atoms with van der Waals surface area (Å²) >= 11 is 0. The number of esters is 1. The molecule has 29 heavy (non-hydrogen) atoms. The fourth-order valence-electron chi connectivity index (χ4n) is 3.79. The number of hydrogen-bond acceptors (Lipinski definition) is 4. The fourth-order valence-corrected chi connectivity index (χ4v) is 3.79. The molecule has 0 saturated heterocycles. The molecule has 0 aliphatic heterocycles. The average molecular weight is 385 g/mol. The molecule has 0 aliphatic rings. The number of hydrogen-bond donors (Lipinski definition) is 2. The van der Waals surface area contributed by atoms with Crippen molar-refractivity contribution >= 4 is 23.2 Å². The van der Waals surface area contributed by atoms with E-state index in [4.69, 9.17) is 4.74 Å². The minimum absolute atomic E-state index is 0.119. The first-order chi connectivity index (χ1) is 14.1. The summed E-state index contributed by atoms with van der Waals surface area (Å²) in [6, 6.07) is 21.2. The molecule has 4 rings (SSSR count). The second kappa shape index (κ2) is 7.28. The molecule has 0 bridgehead atoms. The van der Waals surface area contributed by atoms with E-state index in [9.17, 15) is 14.7 Å². The van der Waals surface area contributed by atoms with Crippen LogP contribution in [-0.4, -0.2) is 29.5 Å². The van der Waals surface area contributed by atoms with Crippen LogP contribution in [0.2, 0.25) is 0 Å². The van der Waals surface area contributed by atoms with Crippen molar-refractivity contribution in [2.75, 3.05) is 7.11 Å². The number of ether oxygens (including phenoxy) is 1. The number of benzene rings is 3. The highest BCUT2D eigenvalue weighted by Crippen LogP contribution is 2.41. The van der Waals surface area contributed by atoms with Crippen molar-refractivity contribution in [3.63, 3.8) is 0 Å². The highest BCUT2D eigenvalue weighted by molar-refractivity contribution is 5.98. The maximum absolute atomic E-state index is 12.8. The molecular formula is C24H19NO4. The standard InChI is InChI=1S/C24H19NO4/c1-29-23(28)16-7-12-22-20(13-16)21(14-25-22)24(15-26,17-5-3-2-4-6-17)18-8-10-19(27)11-9-18/h2-15,25,27H,1H3/t24-/m1/s1. The minimum atomic E-state index is -1.12. The number of rotatable bonds is 5. The van der Waals surface area contributed by atoms with Gasteiger partial charge in [-0.2, -0.15) is 0 Å². The van der Waals surface area contributed by atoms with Gasteiger partial charge in [-0.05, 0) is 47.0 Å². The van der Waals surface area contributed by atoms with Gasteiger partial charge in [0.1, 0.15) is 17.5 Å². The van der Waals surface area contributed by atoms with Crippen LogP contribution in [0.3, 0.4) is 0 Å². The lowest BCUT2D eigenvalue weighted by atomic mass is 9.70. The Bertz CT molecular complexity index is 1180. The Morgan fingerprint density at radius 3 is 2.34 bits per heavy atom. The lowest BCUT2D eigenvalue weighted by Gasteiger charge is -2.29. The first kappa shape index (κ1) is 18.5. The third-order valence-corrected chi connectivity index (χ3v) is 5.26. The fraction of sp³-hybridized carbons (Fsp3) is 0.0833. The van der Waals surface area contributed by atoms with Gasteiger partial charge in [-0.15, -0.1) is 0 Å². The van der Waals surface area contributed by atoms with Gasteiger partial charge < -0.3 is 19.6 Å². The van der Waals surface area contributed by atoms with Gasteiger partial charge in [0.25, 0.3) is 0 Å². The Morgan fingerprint density at radius 1 is 1.00 bits per heavy atom. The number of aromatic amines is 1. The molecular weight excluding hydrogens is 366 g/mol. The maximum Gasteiger partial charge on any atom is 0.337 e. The van der Waals surface area contributed by atoms with Crippen LogP contribution in [-0.2, 0) is 14.9 Å². The van der Waals surface area contributed by atoms with Gasteiger partial charge in [0.05, 0.1) is 12.7 Å². The van der Waals surface area contributed by atoms with Gasteiger partial charge >= 0.3 is 5.97 Å². The number of H-pyrrole nitrogens is 1. The Kier molecular flexibility index (Phi) is 4.64. The van der Waals surface area contributed by atoms with Crippen LogP contribution in [0.5, 0.6) is 5.75 Å². The molecule has 2 N–H and O–H groups in total. The molecule has 1 aromatic heterocycles. The number of fused-ring (bicyclic) bond motifs is 1. The van der Waals surface area contributed by atoms with Gasteiger partial charge in [-0.25, -0.2) is 4.79 Å². The van der Waals surface area contributed by atoms with Crippen molar-refractivity contribution in [3.05, 3.63) is 101 Å². The zero-order chi connectivity index (χ0) is 20.4. The average Bonchev–Trinajstić information content (AvgIpc) is 3.20. The summed E-state index contributed by atoms with van der Waals surface area (Å²) in [7, 11) is 1.33. The molecule has 0 saturated carbocycles. The van der Waals surface area contributed by atoms with E-state index in [-0.39, 0.29) is 5.75 Å². The molecule has 0 unspecified atom stereocenters. The van der Waals surface area contributed by atoms with E-state index < -0.39 is 11.4 Å². The monoisotopic (exact) mass is 385 g/mol. The van der Waals surface area contributed by atoms with Crippen molar-refractivity contribution in [1.82, 2.24) is 4.98 Å². The van der Waals surface area contributed by atoms with Gasteiger partial charge in [0.15, 0.2) is 0 Å². The number of phenolic OH excluding ortho intramolecular Hbond substituents is 1. The summed E-state index contributed by atoms with van der Waals surface area (Å²) in [6.45, 7) is 0. The van der Waals surface area contributed by atoms with Gasteiger partial charge in [-0.1, -0.05) is 42.5 Å². The topological polar surface area (TPSA) is 79.4 Å². The lowest BCUT2D eigenvalue weighted by molar-refractivity contribution is -0.110. The molecule has 0 amide bonds. The highest BCUT2D eigenvalue weighted by Gasteiger charge is 2.38. The van der Waals surface area contributed by atoms with Gasteiger partial charge in [0.2, 0.25) is 0 Å². The molecule has 4 aromatic rings. The third-order valence-electron chi connectivity index (χ3n) is 5.26. The summed E-state index contributed by atoms with van der Waals surface area (Å²) in [4.78, 5) is 28.0. The third kappa shape index (κ3) is 2.97. The molecule has 5 nitrogen and oxygen atoms in total. The second-order valence-electron chi connectivity index (χ2n) is 6.79. The zero-order valence-corrected chi connectivity index (χ0v) is 15.8. The number of nitrogens with one attached hydrogen (secondary N) is 1. The van der Waals surface area contributed by atoms with E-state index in [1.807, 2.05) is 30.3 Å². The molecule has 144 valence electrons. The van der Waals surface area contributed by atoms with Crippen molar-refractivity contribution < 1.29 is 19.4 Å². The van der Waals surface area contributed by atoms with E-state index in [2.05, 4.69) is 4.98 Å². The number of phenols is 1. The molecule has 0 radical (unpaired) electrons. The molecule has 0 spiro atoms. The summed E-state index contributed by atoms with van der Waals surface area (Å²) in [5.41, 5.74) is 2.28. The van der Waals surface area contributed by atoms with Crippen molar-refractivity contribution in [3.8, 4) is 5.75 Å². The predicted octanol–water partition coefficient (Wildman–Crippen LogP) is 4.19. The quantitative estimate of drug-likeness (QED) is 0.399. The summed E-state index contributed by atoms with van der Waals surface area (Å²) in [5.74, 6) is -0.325. The SMILES string of the molecule is COC(=O)c1ccc2[nH]cc([C@](C=O)(c3ccccc3)c3ccc(O)cc3)c2c1. The first-order valence-corrected chi connectivity index (χ1v) is 9.11. The minimum Gasteiger partial charge on any atom is -0.508 e. The van der Waals surface area contributed by atoms with Crippen molar-refractivity contribution in [1.29, 1.82) is 0 Å². The Morgan fingerprint density at radius 2 is 1.69 bits per heavy atom. The molecule has 0 fully saturated rings. The van der Waals surface area contributed by atoms with E-state index in [1.54, 1.807) is 48.7 Å². The molecule has 5 heteroatoms. The number of carbonyl (C=O) groups is 2. The van der Waals surface area contributed by atoms with Crippen molar-refractivity contribution in [2.45, 2.75) is 5.41 Å². The van der Waals surface area contributed by atoms with Crippen LogP contribution in [0.1, 0.15) is 27.0 Å². The Balaban J connectivity index is 2.05. The zero-order valence-electron chi connectivity index (χ0n) is 15.8. The maximum atomic E-state index is 12.8.